The third kappa shape index (κ3) is 3.28. The largest absolute Gasteiger partial charge is 0.508 e. The van der Waals surface area contributed by atoms with Crippen LogP contribution >= 0.6 is 0 Å². The van der Waals surface area contributed by atoms with Gasteiger partial charge >= 0.3 is 0 Å². The van der Waals surface area contributed by atoms with Crippen LogP contribution in [0, 0.1) is 13.8 Å². The number of allylic oxidation sites excluding steroid dienone is 1. The van der Waals surface area contributed by atoms with Crippen LogP contribution in [-0.4, -0.2) is 23.1 Å². The predicted octanol–water partition coefficient (Wildman–Crippen LogP) is 3.62. The highest BCUT2D eigenvalue weighted by Crippen LogP contribution is 2.26. The fraction of sp³-hybridized carbons (Fsp3) is 0.167. The summed E-state index contributed by atoms with van der Waals surface area (Å²) < 4.78 is 5.11. The van der Waals surface area contributed by atoms with Gasteiger partial charge in [0, 0.05) is 6.07 Å². The van der Waals surface area contributed by atoms with Crippen LogP contribution in [0.15, 0.2) is 36.4 Å². The molecule has 0 unspecified atom stereocenters. The van der Waals surface area contributed by atoms with E-state index in [-0.39, 0.29) is 17.3 Å². The lowest BCUT2D eigenvalue weighted by Gasteiger charge is -2.06. The molecule has 0 aliphatic rings. The van der Waals surface area contributed by atoms with Gasteiger partial charge in [0.05, 0.1) is 12.7 Å². The van der Waals surface area contributed by atoms with Crippen molar-refractivity contribution in [3.05, 3.63) is 58.7 Å². The molecule has 0 radical (unpaired) electrons. The summed E-state index contributed by atoms with van der Waals surface area (Å²) in [6.45, 7) is 3.62. The van der Waals surface area contributed by atoms with Gasteiger partial charge in [0.2, 0.25) is 0 Å². The highest BCUT2D eigenvalue weighted by molar-refractivity contribution is 6.08. The number of methoxy groups -OCH3 is 1. The number of aromatic hydroxyl groups is 2. The van der Waals surface area contributed by atoms with Gasteiger partial charge in [0.25, 0.3) is 0 Å². The maximum absolute atomic E-state index is 12.2. The Balaban J connectivity index is 2.29. The van der Waals surface area contributed by atoms with E-state index < -0.39 is 0 Å². The molecule has 22 heavy (non-hydrogen) atoms. The SMILES string of the molecule is COc1cc(O)ccc1C(=O)/C=C/c1cc(C)c(O)c(C)c1. The molecule has 0 bridgehead atoms. The summed E-state index contributed by atoms with van der Waals surface area (Å²) in [7, 11) is 1.45. The van der Waals surface area contributed by atoms with Crippen molar-refractivity contribution < 1.29 is 19.7 Å². The van der Waals surface area contributed by atoms with Crippen molar-refractivity contribution in [2.24, 2.45) is 0 Å². The molecule has 0 saturated carbocycles. The van der Waals surface area contributed by atoms with Gasteiger partial charge < -0.3 is 14.9 Å². The van der Waals surface area contributed by atoms with Gasteiger partial charge in [0.1, 0.15) is 17.2 Å². The van der Waals surface area contributed by atoms with Crippen LogP contribution in [0.5, 0.6) is 17.2 Å². The van der Waals surface area contributed by atoms with E-state index >= 15 is 0 Å². The minimum absolute atomic E-state index is 0.0437. The number of hydrogen-bond donors (Lipinski definition) is 2. The highest BCUT2D eigenvalue weighted by Gasteiger charge is 2.10. The zero-order chi connectivity index (χ0) is 16.3. The number of benzene rings is 2. The smallest absolute Gasteiger partial charge is 0.189 e. The van der Waals surface area contributed by atoms with Gasteiger partial charge in [-0.05, 0) is 60.9 Å². The van der Waals surface area contributed by atoms with Crippen molar-refractivity contribution in [1.82, 2.24) is 0 Å². The zero-order valence-electron chi connectivity index (χ0n) is 12.8. The van der Waals surface area contributed by atoms with E-state index in [1.807, 2.05) is 13.8 Å². The Labute approximate surface area is 129 Å². The molecule has 0 aromatic heterocycles. The molecular formula is C18H18O4. The molecule has 0 spiro atoms. The van der Waals surface area contributed by atoms with Crippen LogP contribution in [0.25, 0.3) is 6.08 Å². The Kier molecular flexibility index (Phi) is 4.51. The lowest BCUT2D eigenvalue weighted by Crippen LogP contribution is -1.98. The monoisotopic (exact) mass is 298 g/mol. The first-order valence-corrected chi connectivity index (χ1v) is 6.82. The van der Waals surface area contributed by atoms with Crippen LogP contribution in [0.1, 0.15) is 27.0 Å². The third-order valence-corrected chi connectivity index (χ3v) is 3.39. The van der Waals surface area contributed by atoms with Crippen molar-refractivity contribution in [3.8, 4) is 17.2 Å². The molecule has 0 heterocycles. The first-order valence-electron chi connectivity index (χ1n) is 6.82. The Hall–Kier alpha value is -2.75. The van der Waals surface area contributed by atoms with E-state index in [0.29, 0.717) is 11.3 Å². The van der Waals surface area contributed by atoms with E-state index in [1.54, 1.807) is 18.2 Å². The second-order valence-electron chi connectivity index (χ2n) is 5.09. The zero-order valence-corrected chi connectivity index (χ0v) is 12.8. The molecule has 4 nitrogen and oxygen atoms in total. The number of rotatable bonds is 4. The van der Waals surface area contributed by atoms with Crippen LogP contribution in [0.2, 0.25) is 0 Å². The van der Waals surface area contributed by atoms with Crippen LogP contribution < -0.4 is 4.74 Å². The molecule has 0 amide bonds. The lowest BCUT2D eigenvalue weighted by molar-refractivity contribution is 0.104. The second-order valence-corrected chi connectivity index (χ2v) is 5.09. The number of phenolic OH excluding ortho intramolecular Hbond substituents is 2. The number of aryl methyl sites for hydroxylation is 2. The topological polar surface area (TPSA) is 66.8 Å². The number of ketones is 1. The lowest BCUT2D eigenvalue weighted by atomic mass is 10.0. The molecule has 0 saturated heterocycles. The Bertz CT molecular complexity index is 722. The molecule has 4 heteroatoms. The predicted molar refractivity (Wildman–Crippen MR) is 85.6 cm³/mol. The molecule has 0 aliphatic heterocycles. The Morgan fingerprint density at radius 3 is 2.32 bits per heavy atom. The Morgan fingerprint density at radius 2 is 1.73 bits per heavy atom. The average molecular weight is 298 g/mol. The summed E-state index contributed by atoms with van der Waals surface area (Å²) in [6.07, 6.45) is 3.13. The first-order chi connectivity index (χ1) is 10.4. The van der Waals surface area contributed by atoms with Crippen molar-refractivity contribution in [3.63, 3.8) is 0 Å². The molecule has 114 valence electrons. The molecule has 0 aliphatic carbocycles. The summed E-state index contributed by atoms with van der Waals surface area (Å²) in [5, 5.41) is 19.2. The summed E-state index contributed by atoms with van der Waals surface area (Å²) >= 11 is 0. The minimum Gasteiger partial charge on any atom is -0.508 e. The van der Waals surface area contributed by atoms with Gasteiger partial charge in [0.15, 0.2) is 5.78 Å². The highest BCUT2D eigenvalue weighted by atomic mass is 16.5. The van der Waals surface area contributed by atoms with E-state index in [2.05, 4.69) is 0 Å². The summed E-state index contributed by atoms with van der Waals surface area (Å²) in [5.74, 6) is 0.416. The number of ether oxygens (including phenoxy) is 1. The van der Waals surface area contributed by atoms with E-state index in [4.69, 9.17) is 4.74 Å². The minimum atomic E-state index is -0.222. The normalized spacial score (nSPS) is 10.9. The molecule has 0 atom stereocenters. The Morgan fingerprint density at radius 1 is 1.09 bits per heavy atom. The molecule has 2 N–H and O–H groups in total. The van der Waals surface area contributed by atoms with Crippen LogP contribution in [-0.2, 0) is 0 Å². The fourth-order valence-electron chi connectivity index (χ4n) is 2.23. The molecule has 2 aromatic carbocycles. The van der Waals surface area contributed by atoms with Gasteiger partial charge in [-0.15, -0.1) is 0 Å². The van der Waals surface area contributed by atoms with Gasteiger partial charge in [-0.25, -0.2) is 0 Å². The number of hydrogen-bond acceptors (Lipinski definition) is 4. The van der Waals surface area contributed by atoms with Crippen molar-refractivity contribution in [2.45, 2.75) is 13.8 Å². The van der Waals surface area contributed by atoms with Gasteiger partial charge in [-0.2, -0.15) is 0 Å². The number of carbonyl (C=O) groups is 1. The van der Waals surface area contributed by atoms with Gasteiger partial charge in [-0.3, -0.25) is 4.79 Å². The molecule has 0 fully saturated rings. The van der Waals surface area contributed by atoms with E-state index in [1.165, 1.54) is 31.4 Å². The van der Waals surface area contributed by atoms with E-state index in [0.717, 1.165) is 16.7 Å². The standard InChI is InChI=1S/C18H18O4/c1-11-8-13(9-12(2)18(11)21)4-7-16(20)15-6-5-14(19)10-17(15)22-3/h4-10,19,21H,1-3H3/b7-4+. The molecule has 2 aromatic rings. The summed E-state index contributed by atoms with van der Waals surface area (Å²) in [6, 6.07) is 7.98. The van der Waals surface area contributed by atoms with Crippen molar-refractivity contribution >= 4 is 11.9 Å². The number of phenols is 2. The molecular weight excluding hydrogens is 280 g/mol. The first kappa shape index (κ1) is 15.6. The van der Waals surface area contributed by atoms with Crippen molar-refractivity contribution in [2.75, 3.05) is 7.11 Å². The van der Waals surface area contributed by atoms with Crippen LogP contribution in [0.4, 0.5) is 0 Å². The maximum atomic E-state index is 12.2. The summed E-state index contributed by atoms with van der Waals surface area (Å²) in [4.78, 5) is 12.2. The van der Waals surface area contributed by atoms with Crippen molar-refractivity contribution in [1.29, 1.82) is 0 Å². The number of carbonyl (C=O) groups excluding carboxylic acids is 1. The fourth-order valence-corrected chi connectivity index (χ4v) is 2.23. The quantitative estimate of drug-likeness (QED) is 0.668. The second kappa shape index (κ2) is 6.35. The summed E-state index contributed by atoms with van der Waals surface area (Å²) in [5.41, 5.74) is 2.73. The van der Waals surface area contributed by atoms with Gasteiger partial charge in [-0.1, -0.05) is 6.08 Å². The maximum Gasteiger partial charge on any atom is 0.189 e. The van der Waals surface area contributed by atoms with Crippen LogP contribution in [0.3, 0.4) is 0 Å². The average Bonchev–Trinajstić information content (AvgIpc) is 2.49. The molecule has 2 rings (SSSR count). The van der Waals surface area contributed by atoms with E-state index in [9.17, 15) is 15.0 Å². The third-order valence-electron chi connectivity index (χ3n) is 3.39.